The number of carbonyl (C=O) groups is 1. The highest BCUT2D eigenvalue weighted by molar-refractivity contribution is 5.73. The smallest absolute Gasteiger partial charge is 0.320 e. The molecule has 5 heteroatoms. The van der Waals surface area contributed by atoms with E-state index in [1.165, 1.54) is 5.56 Å². The van der Waals surface area contributed by atoms with Crippen LogP contribution in [0.2, 0.25) is 0 Å². The minimum absolute atomic E-state index is 0.435. The van der Waals surface area contributed by atoms with E-state index in [-0.39, 0.29) is 0 Å². The van der Waals surface area contributed by atoms with E-state index in [1.54, 1.807) is 6.92 Å². The lowest BCUT2D eigenvalue weighted by Gasteiger charge is -2.09. The Morgan fingerprint density at radius 3 is 2.52 bits per heavy atom. The Bertz CT molecular complexity index is 929. The predicted molar refractivity (Wildman–Crippen MR) is 107 cm³/mol. The number of para-hydroxylation sites is 1. The molecule has 2 aromatic carbocycles. The van der Waals surface area contributed by atoms with Gasteiger partial charge in [-0.15, -0.1) is 0 Å². The Hall–Kier alpha value is -2.92. The van der Waals surface area contributed by atoms with Crippen LogP contribution in [-0.4, -0.2) is 26.9 Å². The first-order valence-electron chi connectivity index (χ1n) is 9.19. The van der Waals surface area contributed by atoms with E-state index in [9.17, 15) is 4.79 Å². The predicted octanol–water partition coefficient (Wildman–Crippen LogP) is 3.97. The molecule has 2 N–H and O–H groups in total. The second-order valence-electron chi connectivity index (χ2n) is 6.73. The van der Waals surface area contributed by atoms with Crippen molar-refractivity contribution >= 4 is 5.97 Å². The Labute approximate surface area is 159 Å². The lowest BCUT2D eigenvalue weighted by atomic mass is 10.0. The number of nitrogens with one attached hydrogen (secondary N) is 1. The highest BCUT2D eigenvalue weighted by Gasteiger charge is 2.16. The molecule has 0 unspecified atom stereocenters. The van der Waals surface area contributed by atoms with Gasteiger partial charge in [0.25, 0.3) is 0 Å². The van der Waals surface area contributed by atoms with Crippen LogP contribution in [0.3, 0.4) is 0 Å². The van der Waals surface area contributed by atoms with Gasteiger partial charge in [-0.2, -0.15) is 5.10 Å². The maximum absolute atomic E-state index is 11.1. The van der Waals surface area contributed by atoms with Crippen molar-refractivity contribution in [1.82, 2.24) is 15.1 Å². The topological polar surface area (TPSA) is 67.2 Å². The highest BCUT2D eigenvalue weighted by Crippen LogP contribution is 2.25. The lowest BCUT2D eigenvalue weighted by molar-refractivity contribution is -0.139. The molecule has 0 amide bonds. The van der Waals surface area contributed by atoms with Crippen molar-refractivity contribution in [3.63, 3.8) is 0 Å². The third kappa shape index (κ3) is 4.26. The first kappa shape index (κ1) is 18.9. The van der Waals surface area contributed by atoms with Crippen LogP contribution in [0.1, 0.15) is 30.5 Å². The fourth-order valence-corrected chi connectivity index (χ4v) is 2.97. The van der Waals surface area contributed by atoms with Crippen molar-refractivity contribution in [3.05, 3.63) is 71.4 Å². The lowest BCUT2D eigenvalue weighted by Crippen LogP contribution is -2.33. The van der Waals surface area contributed by atoms with E-state index in [2.05, 4.69) is 49.5 Å². The summed E-state index contributed by atoms with van der Waals surface area (Å²) in [5.41, 5.74) is 6.28. The summed E-state index contributed by atoms with van der Waals surface area (Å²) in [5.74, 6) is -0.866. The minimum atomic E-state index is -0.866. The molecule has 3 aromatic rings. The molecule has 1 heterocycles. The second-order valence-corrected chi connectivity index (χ2v) is 6.73. The number of carboxylic acid groups (broad SMARTS) is 1. The molecule has 0 aliphatic heterocycles. The van der Waals surface area contributed by atoms with Crippen LogP contribution < -0.4 is 5.32 Å². The monoisotopic (exact) mass is 363 g/mol. The summed E-state index contributed by atoms with van der Waals surface area (Å²) >= 11 is 0. The Morgan fingerprint density at radius 2 is 1.89 bits per heavy atom. The van der Waals surface area contributed by atoms with Crippen LogP contribution >= 0.6 is 0 Å². The summed E-state index contributed by atoms with van der Waals surface area (Å²) in [6.07, 6.45) is 2.97. The largest absolute Gasteiger partial charge is 0.480 e. The zero-order valence-corrected chi connectivity index (χ0v) is 15.9. The number of aromatic nitrogens is 2. The standard InChI is InChI=1S/C22H25N3O2/c1-4-17-9-11-18(12-10-17)21-19(13-23-16(3)22(26)27)14-25(24-21)20-8-6-5-7-15(20)2/h5-12,14,16,23H,4,13H2,1-3H3,(H,26,27)/t16-/m0/s1. The van der Waals surface area contributed by atoms with Crippen LogP contribution in [0.5, 0.6) is 0 Å². The maximum atomic E-state index is 11.1. The SMILES string of the molecule is CCc1ccc(-c2nn(-c3ccccc3C)cc2CN[C@@H](C)C(=O)O)cc1. The van der Waals surface area contributed by atoms with E-state index >= 15 is 0 Å². The average Bonchev–Trinajstić information content (AvgIpc) is 3.10. The number of nitrogens with zero attached hydrogens (tertiary/aromatic N) is 2. The Morgan fingerprint density at radius 1 is 1.19 bits per heavy atom. The summed E-state index contributed by atoms with van der Waals surface area (Å²) in [6, 6.07) is 15.8. The van der Waals surface area contributed by atoms with Crippen LogP contribution in [-0.2, 0) is 17.8 Å². The van der Waals surface area contributed by atoms with Crippen LogP contribution in [0, 0.1) is 6.92 Å². The molecular weight excluding hydrogens is 338 g/mol. The number of rotatable bonds is 7. The van der Waals surface area contributed by atoms with Gasteiger partial charge in [-0.1, -0.05) is 49.4 Å². The molecule has 1 atom stereocenters. The Kier molecular flexibility index (Phi) is 5.72. The fraction of sp³-hybridized carbons (Fsp3) is 0.273. The normalized spacial score (nSPS) is 12.1. The molecule has 0 bridgehead atoms. The molecule has 3 rings (SSSR count). The van der Waals surface area contributed by atoms with Gasteiger partial charge < -0.3 is 10.4 Å². The van der Waals surface area contributed by atoms with Crippen molar-refractivity contribution in [2.45, 2.75) is 39.8 Å². The number of benzene rings is 2. The molecule has 0 saturated carbocycles. The van der Waals surface area contributed by atoms with Crippen molar-refractivity contribution in [2.24, 2.45) is 0 Å². The number of hydrogen-bond donors (Lipinski definition) is 2. The van der Waals surface area contributed by atoms with Crippen molar-refractivity contribution in [2.75, 3.05) is 0 Å². The molecule has 0 aliphatic rings. The van der Waals surface area contributed by atoms with E-state index in [4.69, 9.17) is 10.2 Å². The number of aliphatic carboxylic acids is 1. The van der Waals surface area contributed by atoms with Gasteiger partial charge in [0.15, 0.2) is 0 Å². The van der Waals surface area contributed by atoms with Crippen molar-refractivity contribution in [3.8, 4) is 16.9 Å². The maximum Gasteiger partial charge on any atom is 0.320 e. The molecule has 0 fully saturated rings. The highest BCUT2D eigenvalue weighted by atomic mass is 16.4. The van der Waals surface area contributed by atoms with Gasteiger partial charge in [0.1, 0.15) is 6.04 Å². The van der Waals surface area contributed by atoms with E-state index in [1.807, 2.05) is 29.1 Å². The fourth-order valence-electron chi connectivity index (χ4n) is 2.97. The Balaban J connectivity index is 2.00. The van der Waals surface area contributed by atoms with Gasteiger partial charge in [-0.25, -0.2) is 4.68 Å². The molecule has 0 aliphatic carbocycles. The summed E-state index contributed by atoms with van der Waals surface area (Å²) < 4.78 is 1.88. The summed E-state index contributed by atoms with van der Waals surface area (Å²) in [6.45, 7) is 6.26. The minimum Gasteiger partial charge on any atom is -0.480 e. The molecule has 0 spiro atoms. The second kappa shape index (κ2) is 8.18. The van der Waals surface area contributed by atoms with E-state index in [0.717, 1.165) is 34.5 Å². The van der Waals surface area contributed by atoms with Gasteiger partial charge in [0.2, 0.25) is 0 Å². The van der Waals surface area contributed by atoms with Crippen LogP contribution in [0.4, 0.5) is 0 Å². The van der Waals surface area contributed by atoms with Gasteiger partial charge in [0, 0.05) is 23.9 Å². The van der Waals surface area contributed by atoms with Crippen molar-refractivity contribution < 1.29 is 9.90 Å². The van der Waals surface area contributed by atoms with Crippen molar-refractivity contribution in [1.29, 1.82) is 0 Å². The first-order valence-corrected chi connectivity index (χ1v) is 9.19. The number of aryl methyl sites for hydroxylation is 2. The van der Waals surface area contributed by atoms with Gasteiger partial charge in [-0.3, -0.25) is 4.79 Å². The van der Waals surface area contributed by atoms with Gasteiger partial charge >= 0.3 is 5.97 Å². The van der Waals surface area contributed by atoms with Gasteiger partial charge in [0.05, 0.1) is 11.4 Å². The number of hydrogen-bond acceptors (Lipinski definition) is 3. The molecular formula is C22H25N3O2. The molecule has 27 heavy (non-hydrogen) atoms. The zero-order chi connectivity index (χ0) is 19.4. The molecule has 140 valence electrons. The van der Waals surface area contributed by atoms with Crippen LogP contribution in [0.25, 0.3) is 16.9 Å². The zero-order valence-electron chi connectivity index (χ0n) is 15.9. The van der Waals surface area contributed by atoms with Crippen LogP contribution in [0.15, 0.2) is 54.7 Å². The molecule has 5 nitrogen and oxygen atoms in total. The molecule has 0 saturated heterocycles. The third-order valence-electron chi connectivity index (χ3n) is 4.76. The van der Waals surface area contributed by atoms with Gasteiger partial charge in [-0.05, 0) is 37.5 Å². The summed E-state index contributed by atoms with van der Waals surface area (Å²) in [7, 11) is 0. The first-order chi connectivity index (χ1) is 13.0. The summed E-state index contributed by atoms with van der Waals surface area (Å²) in [5, 5.41) is 17.0. The summed E-state index contributed by atoms with van der Waals surface area (Å²) in [4.78, 5) is 11.1. The molecule has 1 aromatic heterocycles. The third-order valence-corrected chi connectivity index (χ3v) is 4.76. The quantitative estimate of drug-likeness (QED) is 0.666. The van der Waals surface area contributed by atoms with E-state index in [0.29, 0.717) is 6.54 Å². The number of carboxylic acids is 1. The van der Waals surface area contributed by atoms with E-state index < -0.39 is 12.0 Å². The molecule has 0 radical (unpaired) electrons. The average molecular weight is 363 g/mol.